The van der Waals surface area contributed by atoms with Crippen molar-refractivity contribution in [2.24, 2.45) is 0 Å². The highest BCUT2D eigenvalue weighted by Gasteiger charge is 2.16. The smallest absolute Gasteiger partial charge is 0.127 e. The van der Waals surface area contributed by atoms with Gasteiger partial charge in [0.05, 0.1) is 41.9 Å². The van der Waals surface area contributed by atoms with Gasteiger partial charge in [-0.15, -0.1) is 0 Å². The first-order valence-corrected chi connectivity index (χ1v) is 10.8. The van der Waals surface area contributed by atoms with E-state index >= 15 is 0 Å². The standard InChI is InChI=1S/C25H21FN6O/c1-33-17-7-15(6-16(26)8-17)20-11-28-12-23-18(20)9-22(30-23)25-19-10-21(14-2-4-27-5-3-14)29-13-24(19)31-32-25/h2,6-13,27,30H,3-5H2,1H3,(H,31,32). The van der Waals surface area contributed by atoms with Crippen LogP contribution < -0.4 is 10.1 Å². The van der Waals surface area contributed by atoms with Crippen molar-refractivity contribution in [1.82, 2.24) is 30.5 Å². The normalized spacial score (nSPS) is 14.1. The molecule has 5 heterocycles. The van der Waals surface area contributed by atoms with Crippen molar-refractivity contribution in [3.8, 4) is 28.3 Å². The van der Waals surface area contributed by atoms with Crippen LogP contribution in [0.15, 0.2) is 55.0 Å². The fourth-order valence-corrected chi connectivity index (χ4v) is 4.40. The zero-order valence-electron chi connectivity index (χ0n) is 17.9. The zero-order valence-corrected chi connectivity index (χ0v) is 17.9. The van der Waals surface area contributed by atoms with Crippen LogP contribution in [-0.2, 0) is 0 Å². The summed E-state index contributed by atoms with van der Waals surface area (Å²) >= 11 is 0. The first kappa shape index (κ1) is 19.6. The minimum atomic E-state index is -0.359. The molecule has 0 unspecified atom stereocenters. The number of methoxy groups -OCH3 is 1. The Bertz CT molecular complexity index is 1530. The predicted molar refractivity (Wildman–Crippen MR) is 126 cm³/mol. The van der Waals surface area contributed by atoms with Gasteiger partial charge < -0.3 is 15.0 Å². The lowest BCUT2D eigenvalue weighted by Crippen LogP contribution is -2.20. The minimum absolute atomic E-state index is 0.359. The van der Waals surface area contributed by atoms with Crippen molar-refractivity contribution < 1.29 is 9.13 Å². The van der Waals surface area contributed by atoms with Gasteiger partial charge in [0.1, 0.15) is 17.3 Å². The summed E-state index contributed by atoms with van der Waals surface area (Å²) in [4.78, 5) is 12.4. The van der Waals surface area contributed by atoms with E-state index in [1.54, 1.807) is 18.5 Å². The number of rotatable bonds is 4. The Balaban J connectivity index is 1.48. The van der Waals surface area contributed by atoms with Gasteiger partial charge >= 0.3 is 0 Å². The molecule has 0 atom stereocenters. The maximum Gasteiger partial charge on any atom is 0.127 e. The lowest BCUT2D eigenvalue weighted by molar-refractivity contribution is 0.411. The van der Waals surface area contributed by atoms with E-state index in [1.165, 1.54) is 24.8 Å². The SMILES string of the molecule is COc1cc(F)cc(-c2cncc3[nH]c(-c4n[nH]c5cnc(C6=CCNCC6)cc45)cc23)c1. The molecule has 5 aromatic rings. The Morgan fingerprint density at radius 3 is 2.79 bits per heavy atom. The van der Waals surface area contributed by atoms with Crippen LogP contribution in [-0.4, -0.2) is 45.3 Å². The molecule has 0 spiro atoms. The average Bonchev–Trinajstić information content (AvgIpc) is 3.47. The van der Waals surface area contributed by atoms with Gasteiger partial charge in [0, 0.05) is 35.1 Å². The summed E-state index contributed by atoms with van der Waals surface area (Å²) in [7, 11) is 1.53. The number of H-pyrrole nitrogens is 2. The molecule has 0 amide bonds. The summed E-state index contributed by atoms with van der Waals surface area (Å²) in [6.45, 7) is 1.81. The number of aromatic nitrogens is 5. The van der Waals surface area contributed by atoms with Crippen molar-refractivity contribution in [2.45, 2.75) is 6.42 Å². The lowest BCUT2D eigenvalue weighted by atomic mass is 10.0. The molecule has 33 heavy (non-hydrogen) atoms. The summed E-state index contributed by atoms with van der Waals surface area (Å²) in [6.07, 6.45) is 8.47. The molecular formula is C25H21FN6O. The van der Waals surface area contributed by atoms with E-state index in [-0.39, 0.29) is 5.82 Å². The van der Waals surface area contributed by atoms with Crippen molar-refractivity contribution in [1.29, 1.82) is 0 Å². The van der Waals surface area contributed by atoms with Crippen LogP contribution in [0.1, 0.15) is 12.1 Å². The van der Waals surface area contributed by atoms with Gasteiger partial charge in [0.25, 0.3) is 0 Å². The van der Waals surface area contributed by atoms with Crippen molar-refractivity contribution >= 4 is 27.4 Å². The third-order valence-corrected chi connectivity index (χ3v) is 6.06. The van der Waals surface area contributed by atoms with Crippen molar-refractivity contribution in [2.75, 3.05) is 20.2 Å². The van der Waals surface area contributed by atoms with Gasteiger partial charge in [-0.3, -0.25) is 15.1 Å². The van der Waals surface area contributed by atoms with E-state index in [1.807, 2.05) is 12.3 Å². The molecule has 1 aromatic carbocycles. The molecule has 3 N–H and O–H groups in total. The van der Waals surface area contributed by atoms with E-state index in [0.717, 1.165) is 64.0 Å². The number of nitrogens with one attached hydrogen (secondary N) is 3. The topological polar surface area (TPSA) is 91.5 Å². The molecule has 0 fully saturated rings. The van der Waals surface area contributed by atoms with Gasteiger partial charge in [0.2, 0.25) is 0 Å². The Hall–Kier alpha value is -4.04. The predicted octanol–water partition coefficient (Wildman–Crippen LogP) is 4.69. The number of ether oxygens (including phenoxy) is 1. The molecule has 0 saturated carbocycles. The third kappa shape index (κ3) is 3.44. The highest BCUT2D eigenvalue weighted by Crippen LogP contribution is 2.35. The second-order valence-electron chi connectivity index (χ2n) is 8.08. The van der Waals surface area contributed by atoms with E-state index in [2.05, 4.69) is 42.6 Å². The Morgan fingerprint density at radius 2 is 1.94 bits per heavy atom. The van der Waals surface area contributed by atoms with Crippen LogP contribution in [0.25, 0.3) is 49.9 Å². The molecule has 0 bridgehead atoms. The summed E-state index contributed by atoms with van der Waals surface area (Å²) in [5.41, 5.74) is 7.10. The molecular weight excluding hydrogens is 419 g/mol. The monoisotopic (exact) mass is 440 g/mol. The van der Waals surface area contributed by atoms with Crippen LogP contribution in [0.2, 0.25) is 0 Å². The van der Waals surface area contributed by atoms with Gasteiger partial charge in [0.15, 0.2) is 0 Å². The number of pyridine rings is 2. The minimum Gasteiger partial charge on any atom is -0.497 e. The largest absolute Gasteiger partial charge is 0.497 e. The fourth-order valence-electron chi connectivity index (χ4n) is 4.40. The molecule has 4 aromatic heterocycles. The van der Waals surface area contributed by atoms with Crippen LogP contribution in [0.3, 0.4) is 0 Å². The number of nitrogens with zero attached hydrogens (tertiary/aromatic N) is 3. The maximum atomic E-state index is 14.2. The highest BCUT2D eigenvalue weighted by atomic mass is 19.1. The lowest BCUT2D eigenvalue weighted by Gasteiger charge is -2.13. The first-order chi connectivity index (χ1) is 16.2. The van der Waals surface area contributed by atoms with Crippen molar-refractivity contribution in [3.63, 3.8) is 0 Å². The van der Waals surface area contributed by atoms with Crippen LogP contribution in [0, 0.1) is 5.82 Å². The first-order valence-electron chi connectivity index (χ1n) is 10.8. The van der Waals surface area contributed by atoms with E-state index in [0.29, 0.717) is 11.3 Å². The summed E-state index contributed by atoms with van der Waals surface area (Å²) in [6, 6.07) is 8.77. The van der Waals surface area contributed by atoms with Gasteiger partial charge in [-0.25, -0.2) is 4.39 Å². The zero-order chi connectivity index (χ0) is 22.4. The molecule has 8 heteroatoms. The number of halogens is 1. The molecule has 1 aliphatic rings. The van der Waals surface area contributed by atoms with E-state index < -0.39 is 0 Å². The average molecular weight is 440 g/mol. The Kier molecular flexibility index (Phi) is 4.66. The quantitative estimate of drug-likeness (QED) is 0.377. The molecule has 0 aliphatic carbocycles. The van der Waals surface area contributed by atoms with Gasteiger partial charge in [-0.2, -0.15) is 5.10 Å². The van der Waals surface area contributed by atoms with E-state index in [4.69, 9.17) is 4.74 Å². The molecule has 164 valence electrons. The summed E-state index contributed by atoms with van der Waals surface area (Å²) in [5.74, 6) is 0.103. The fraction of sp³-hybridized carbons (Fsp3) is 0.160. The van der Waals surface area contributed by atoms with Crippen LogP contribution in [0.4, 0.5) is 4.39 Å². The molecule has 7 nitrogen and oxygen atoms in total. The maximum absolute atomic E-state index is 14.2. The molecule has 6 rings (SSSR count). The van der Waals surface area contributed by atoms with Gasteiger partial charge in [-0.05, 0) is 48.4 Å². The number of fused-ring (bicyclic) bond motifs is 2. The van der Waals surface area contributed by atoms with Crippen LogP contribution in [0.5, 0.6) is 5.75 Å². The number of aromatic amines is 2. The second kappa shape index (κ2) is 7.83. The Labute approximate surface area is 188 Å². The second-order valence-corrected chi connectivity index (χ2v) is 8.08. The summed E-state index contributed by atoms with van der Waals surface area (Å²) in [5, 5.41) is 12.9. The molecule has 0 saturated heterocycles. The molecule has 0 radical (unpaired) electrons. The third-order valence-electron chi connectivity index (χ3n) is 6.06. The van der Waals surface area contributed by atoms with Crippen molar-refractivity contribution in [3.05, 3.63) is 66.5 Å². The number of benzene rings is 1. The van der Waals surface area contributed by atoms with E-state index in [9.17, 15) is 4.39 Å². The number of hydrogen-bond donors (Lipinski definition) is 3. The highest BCUT2D eigenvalue weighted by molar-refractivity contribution is 6.01. The molecule has 1 aliphatic heterocycles. The number of hydrogen-bond acceptors (Lipinski definition) is 5. The van der Waals surface area contributed by atoms with Gasteiger partial charge in [-0.1, -0.05) is 6.08 Å². The summed E-state index contributed by atoms with van der Waals surface area (Å²) < 4.78 is 19.4. The van der Waals surface area contributed by atoms with Crippen LogP contribution >= 0.6 is 0 Å². The Morgan fingerprint density at radius 1 is 1.00 bits per heavy atom.